The van der Waals surface area contributed by atoms with E-state index in [4.69, 9.17) is 37.1 Å². The minimum Gasteiger partial charge on any atom is -0.493 e. The highest BCUT2D eigenvalue weighted by Gasteiger charge is 2.43. The zero-order valence-corrected chi connectivity index (χ0v) is 21.4. The van der Waals surface area contributed by atoms with Crippen LogP contribution in [-0.2, 0) is 6.54 Å². The average molecular weight is 524 g/mol. The van der Waals surface area contributed by atoms with Crippen LogP contribution in [0.25, 0.3) is 11.0 Å². The minimum absolute atomic E-state index is 0.0131. The second-order valence-electron chi connectivity index (χ2n) is 8.54. The fraction of sp³-hybridized carbons (Fsp3) is 0.214. The van der Waals surface area contributed by atoms with Crippen LogP contribution in [0, 0.1) is 6.92 Å². The molecular formula is C28H23Cl2NO5. The van der Waals surface area contributed by atoms with E-state index in [0.29, 0.717) is 44.7 Å². The molecule has 1 atom stereocenters. The van der Waals surface area contributed by atoms with E-state index in [-0.39, 0.29) is 23.3 Å². The summed E-state index contributed by atoms with van der Waals surface area (Å²) in [6.45, 7) is 4.34. The Bertz CT molecular complexity index is 1560. The maximum atomic E-state index is 13.8. The first-order valence-corrected chi connectivity index (χ1v) is 12.2. The van der Waals surface area contributed by atoms with Crippen LogP contribution in [0.4, 0.5) is 0 Å². The lowest BCUT2D eigenvalue weighted by Gasteiger charge is -2.26. The molecule has 8 heteroatoms. The van der Waals surface area contributed by atoms with E-state index in [0.717, 1.165) is 11.1 Å². The number of ether oxygens (including phenoxy) is 2. The van der Waals surface area contributed by atoms with E-state index < -0.39 is 11.9 Å². The molecule has 36 heavy (non-hydrogen) atoms. The smallest absolute Gasteiger partial charge is 0.291 e. The number of amides is 1. The first kappa shape index (κ1) is 24.2. The zero-order valence-electron chi connectivity index (χ0n) is 19.9. The molecule has 1 aromatic heterocycles. The molecule has 0 fully saturated rings. The maximum Gasteiger partial charge on any atom is 0.291 e. The number of hydrogen-bond donors (Lipinski definition) is 0. The third-order valence-corrected chi connectivity index (χ3v) is 7.12. The van der Waals surface area contributed by atoms with Gasteiger partial charge in [0.15, 0.2) is 16.9 Å². The Kier molecular flexibility index (Phi) is 6.41. The molecule has 4 aromatic rings. The Morgan fingerprint density at radius 3 is 2.50 bits per heavy atom. The van der Waals surface area contributed by atoms with Crippen molar-refractivity contribution in [2.45, 2.75) is 26.4 Å². The molecule has 0 N–H and O–H groups in total. The molecule has 1 amide bonds. The molecule has 184 valence electrons. The Balaban J connectivity index is 1.74. The fourth-order valence-corrected chi connectivity index (χ4v) is 4.95. The molecule has 1 unspecified atom stereocenters. The van der Waals surface area contributed by atoms with Crippen molar-refractivity contribution in [2.75, 3.05) is 13.7 Å². The Morgan fingerprint density at radius 1 is 1.00 bits per heavy atom. The van der Waals surface area contributed by atoms with Gasteiger partial charge >= 0.3 is 0 Å². The van der Waals surface area contributed by atoms with Gasteiger partial charge in [0.1, 0.15) is 5.58 Å². The number of benzene rings is 3. The number of aryl methyl sites for hydroxylation is 1. The number of carbonyl (C=O) groups is 1. The van der Waals surface area contributed by atoms with Crippen LogP contribution < -0.4 is 14.9 Å². The Hall–Kier alpha value is -3.48. The van der Waals surface area contributed by atoms with Crippen molar-refractivity contribution in [3.8, 4) is 11.5 Å². The van der Waals surface area contributed by atoms with E-state index in [1.807, 2.05) is 38.1 Å². The van der Waals surface area contributed by atoms with Gasteiger partial charge in [-0.2, -0.15) is 0 Å². The number of carbonyl (C=O) groups excluding carboxylic acids is 1. The standard InChI is InChI=1S/C28H23Cl2NO5/c1-4-35-21-10-9-16(12-23(21)34-3)25-24-26(32)18-13-20(30)15(2)11-22(18)36-27(24)28(33)31(25)14-17-7-5-6-8-19(17)29/h5-13,25H,4,14H2,1-3H3. The Labute approximate surface area is 217 Å². The van der Waals surface area contributed by atoms with Crippen LogP contribution >= 0.6 is 23.2 Å². The molecule has 0 saturated carbocycles. The van der Waals surface area contributed by atoms with E-state index in [9.17, 15) is 9.59 Å². The van der Waals surface area contributed by atoms with E-state index in [1.165, 1.54) is 0 Å². The first-order valence-electron chi connectivity index (χ1n) is 11.5. The molecule has 1 aliphatic heterocycles. The quantitative estimate of drug-likeness (QED) is 0.286. The number of hydrogen-bond acceptors (Lipinski definition) is 5. The van der Waals surface area contributed by atoms with Crippen LogP contribution in [0.2, 0.25) is 10.0 Å². The maximum absolute atomic E-state index is 13.8. The highest BCUT2D eigenvalue weighted by Crippen LogP contribution is 2.42. The van der Waals surface area contributed by atoms with Gasteiger partial charge in [0.2, 0.25) is 5.76 Å². The third-order valence-electron chi connectivity index (χ3n) is 6.35. The minimum atomic E-state index is -0.728. The van der Waals surface area contributed by atoms with Crippen LogP contribution in [0.3, 0.4) is 0 Å². The molecule has 3 aromatic carbocycles. The molecule has 5 rings (SSSR count). The zero-order chi connectivity index (χ0) is 25.6. The van der Waals surface area contributed by atoms with Crippen LogP contribution in [0.15, 0.2) is 63.8 Å². The lowest BCUT2D eigenvalue weighted by atomic mass is 9.97. The topological polar surface area (TPSA) is 69.0 Å². The van der Waals surface area contributed by atoms with E-state index >= 15 is 0 Å². The average Bonchev–Trinajstić information content (AvgIpc) is 3.14. The summed E-state index contributed by atoms with van der Waals surface area (Å²) in [6.07, 6.45) is 0. The van der Waals surface area contributed by atoms with Gasteiger partial charge in [-0.3, -0.25) is 9.59 Å². The first-order chi connectivity index (χ1) is 17.3. The molecular weight excluding hydrogens is 501 g/mol. The predicted octanol–water partition coefficient (Wildman–Crippen LogP) is 6.56. The van der Waals surface area contributed by atoms with Crippen molar-refractivity contribution in [1.29, 1.82) is 0 Å². The van der Waals surface area contributed by atoms with E-state index in [2.05, 4.69) is 0 Å². The number of halogens is 2. The van der Waals surface area contributed by atoms with Crippen molar-refractivity contribution >= 4 is 40.1 Å². The molecule has 0 bridgehead atoms. The van der Waals surface area contributed by atoms with Gasteiger partial charge in [0.25, 0.3) is 5.91 Å². The molecule has 6 nitrogen and oxygen atoms in total. The van der Waals surface area contributed by atoms with Gasteiger partial charge in [0, 0.05) is 16.6 Å². The van der Waals surface area contributed by atoms with Crippen molar-refractivity contribution in [2.24, 2.45) is 0 Å². The Morgan fingerprint density at radius 2 is 1.78 bits per heavy atom. The van der Waals surface area contributed by atoms with Crippen LogP contribution in [0.5, 0.6) is 11.5 Å². The fourth-order valence-electron chi connectivity index (χ4n) is 4.59. The number of fused-ring (bicyclic) bond motifs is 2. The normalized spacial score (nSPS) is 14.9. The van der Waals surface area contributed by atoms with Gasteiger partial charge in [-0.25, -0.2) is 0 Å². The summed E-state index contributed by atoms with van der Waals surface area (Å²) in [5.41, 5.74) is 2.44. The van der Waals surface area contributed by atoms with Gasteiger partial charge in [-0.15, -0.1) is 0 Å². The second-order valence-corrected chi connectivity index (χ2v) is 9.36. The molecule has 0 aliphatic carbocycles. The van der Waals surface area contributed by atoms with Crippen LogP contribution in [-0.4, -0.2) is 24.5 Å². The predicted molar refractivity (Wildman–Crippen MR) is 140 cm³/mol. The molecule has 0 spiro atoms. The molecule has 0 radical (unpaired) electrons. The van der Waals surface area contributed by atoms with E-state index in [1.54, 1.807) is 42.3 Å². The van der Waals surface area contributed by atoms with Crippen molar-refractivity contribution < 1.29 is 18.7 Å². The summed E-state index contributed by atoms with van der Waals surface area (Å²) >= 11 is 12.8. The SMILES string of the molecule is CCOc1ccc(C2c3c(oc4cc(C)c(Cl)cc4c3=O)C(=O)N2Cc2ccccc2Cl)cc1OC. The molecule has 0 saturated heterocycles. The highest BCUT2D eigenvalue weighted by molar-refractivity contribution is 6.32. The van der Waals surface area contributed by atoms with Crippen molar-refractivity contribution in [1.82, 2.24) is 4.90 Å². The van der Waals surface area contributed by atoms with Crippen molar-refractivity contribution in [3.63, 3.8) is 0 Å². The van der Waals surface area contributed by atoms with Gasteiger partial charge in [-0.05, 0) is 60.9 Å². The molecule has 2 heterocycles. The number of rotatable bonds is 6. The van der Waals surface area contributed by atoms with Gasteiger partial charge < -0.3 is 18.8 Å². The van der Waals surface area contributed by atoms with Crippen molar-refractivity contribution in [3.05, 3.63) is 103 Å². The van der Waals surface area contributed by atoms with Crippen LogP contribution in [0.1, 0.15) is 45.8 Å². The summed E-state index contributed by atoms with van der Waals surface area (Å²) in [4.78, 5) is 29.2. The summed E-state index contributed by atoms with van der Waals surface area (Å²) < 4.78 is 17.3. The summed E-state index contributed by atoms with van der Waals surface area (Å²) in [6, 6.07) is 15.2. The monoisotopic (exact) mass is 523 g/mol. The molecule has 1 aliphatic rings. The summed E-state index contributed by atoms with van der Waals surface area (Å²) in [5.74, 6) is 0.684. The number of nitrogens with zero attached hydrogens (tertiary/aromatic N) is 1. The third kappa shape index (κ3) is 4.00. The lowest BCUT2D eigenvalue weighted by Crippen LogP contribution is -2.29. The summed E-state index contributed by atoms with van der Waals surface area (Å²) in [7, 11) is 1.54. The summed E-state index contributed by atoms with van der Waals surface area (Å²) in [5, 5.41) is 1.29. The number of methoxy groups -OCH3 is 1. The lowest BCUT2D eigenvalue weighted by molar-refractivity contribution is 0.0714. The second kappa shape index (κ2) is 9.52. The largest absolute Gasteiger partial charge is 0.493 e. The van der Waals surface area contributed by atoms with Gasteiger partial charge in [-0.1, -0.05) is 47.5 Å². The van der Waals surface area contributed by atoms with Gasteiger partial charge in [0.05, 0.1) is 30.7 Å². The highest BCUT2D eigenvalue weighted by atomic mass is 35.5.